The zero-order valence-corrected chi connectivity index (χ0v) is 9.63. The number of aryl methyl sites for hydroxylation is 1. The molecule has 17 heavy (non-hydrogen) atoms. The third-order valence-corrected chi connectivity index (χ3v) is 3.01. The molecule has 1 unspecified atom stereocenters. The highest BCUT2D eigenvalue weighted by molar-refractivity contribution is 5.85. The minimum atomic E-state index is -0.892. The number of para-hydroxylation sites is 1. The van der Waals surface area contributed by atoms with Crippen molar-refractivity contribution in [1.29, 1.82) is 0 Å². The molecule has 2 aromatic rings. The molecule has 2 rings (SSSR count). The highest BCUT2D eigenvalue weighted by Gasteiger charge is 2.18. The van der Waals surface area contributed by atoms with Crippen molar-refractivity contribution in [3.63, 3.8) is 0 Å². The lowest BCUT2D eigenvalue weighted by Gasteiger charge is -2.10. The molecule has 0 saturated heterocycles. The highest BCUT2D eigenvalue weighted by Crippen LogP contribution is 2.29. The Balaban J connectivity index is 2.50. The molecule has 0 aliphatic carbocycles. The molecule has 0 amide bonds. The van der Waals surface area contributed by atoms with E-state index in [0.717, 1.165) is 16.5 Å². The number of aliphatic hydroxyl groups excluding tert-OH is 1. The van der Waals surface area contributed by atoms with Gasteiger partial charge in [0.25, 0.3) is 0 Å². The Morgan fingerprint density at radius 1 is 1.41 bits per heavy atom. The number of fused-ring (bicyclic) bond motifs is 1. The predicted molar refractivity (Wildman–Crippen MR) is 65.0 cm³/mol. The number of carboxylic acid groups (broad SMARTS) is 1. The summed E-state index contributed by atoms with van der Waals surface area (Å²) in [5, 5.41) is 19.2. The van der Waals surface area contributed by atoms with Crippen LogP contribution < -0.4 is 0 Å². The van der Waals surface area contributed by atoms with Crippen molar-refractivity contribution < 1.29 is 15.0 Å². The van der Waals surface area contributed by atoms with Crippen LogP contribution in [0.2, 0.25) is 0 Å². The number of hydrogen-bond donors (Lipinski definition) is 2. The van der Waals surface area contributed by atoms with E-state index in [2.05, 4.69) is 0 Å². The average molecular weight is 233 g/mol. The van der Waals surface area contributed by atoms with Crippen LogP contribution in [0.3, 0.4) is 0 Å². The number of carbonyl (C=O) groups is 1. The standard InChI is InChI=1S/C13H15NO3/c1-14-7-11(9(8-15)6-13(16)17)10-4-2-3-5-12(10)14/h2-5,7,9,15H,6,8H2,1H3,(H,16,17). The predicted octanol–water partition coefficient (Wildman–Crippen LogP) is 1.73. The topological polar surface area (TPSA) is 62.5 Å². The molecule has 0 bridgehead atoms. The maximum absolute atomic E-state index is 10.8. The van der Waals surface area contributed by atoms with Gasteiger partial charge in [-0.25, -0.2) is 0 Å². The summed E-state index contributed by atoms with van der Waals surface area (Å²) in [6, 6.07) is 7.79. The second-order valence-electron chi connectivity index (χ2n) is 4.19. The van der Waals surface area contributed by atoms with E-state index in [9.17, 15) is 9.90 Å². The maximum Gasteiger partial charge on any atom is 0.304 e. The highest BCUT2D eigenvalue weighted by atomic mass is 16.4. The van der Waals surface area contributed by atoms with Gasteiger partial charge in [0.2, 0.25) is 0 Å². The Hall–Kier alpha value is -1.81. The lowest BCUT2D eigenvalue weighted by Crippen LogP contribution is -2.09. The van der Waals surface area contributed by atoms with Crippen LogP contribution in [0.25, 0.3) is 10.9 Å². The Kier molecular flexibility index (Phi) is 3.15. The third kappa shape index (κ3) is 2.17. The van der Waals surface area contributed by atoms with Gasteiger partial charge in [0.15, 0.2) is 0 Å². The summed E-state index contributed by atoms with van der Waals surface area (Å²) in [7, 11) is 1.92. The van der Waals surface area contributed by atoms with Gasteiger partial charge in [0, 0.05) is 30.1 Å². The molecular formula is C13H15NO3. The van der Waals surface area contributed by atoms with Crippen molar-refractivity contribution in [2.45, 2.75) is 12.3 Å². The molecule has 1 atom stereocenters. The first-order valence-corrected chi connectivity index (χ1v) is 5.50. The van der Waals surface area contributed by atoms with Gasteiger partial charge in [0.05, 0.1) is 13.0 Å². The largest absolute Gasteiger partial charge is 0.481 e. The van der Waals surface area contributed by atoms with E-state index < -0.39 is 5.97 Å². The Labute approximate surface area is 99.1 Å². The Bertz CT molecular complexity index is 545. The van der Waals surface area contributed by atoms with E-state index in [1.165, 1.54) is 0 Å². The van der Waals surface area contributed by atoms with Gasteiger partial charge < -0.3 is 14.8 Å². The van der Waals surface area contributed by atoms with Gasteiger partial charge in [-0.05, 0) is 11.6 Å². The summed E-state index contributed by atoms with van der Waals surface area (Å²) >= 11 is 0. The molecular weight excluding hydrogens is 218 g/mol. The molecule has 1 heterocycles. The molecule has 0 radical (unpaired) electrons. The van der Waals surface area contributed by atoms with Crippen molar-refractivity contribution in [3.8, 4) is 0 Å². The van der Waals surface area contributed by atoms with Gasteiger partial charge in [0.1, 0.15) is 0 Å². The lowest BCUT2D eigenvalue weighted by atomic mass is 9.96. The van der Waals surface area contributed by atoms with Crippen LogP contribution in [0.1, 0.15) is 17.9 Å². The Morgan fingerprint density at radius 2 is 2.12 bits per heavy atom. The number of aromatic nitrogens is 1. The molecule has 0 aliphatic heterocycles. The molecule has 1 aromatic heterocycles. The fraction of sp³-hybridized carbons (Fsp3) is 0.308. The van der Waals surface area contributed by atoms with Crippen LogP contribution in [-0.4, -0.2) is 27.4 Å². The minimum Gasteiger partial charge on any atom is -0.481 e. The first-order valence-electron chi connectivity index (χ1n) is 5.50. The van der Waals surface area contributed by atoms with Gasteiger partial charge >= 0.3 is 5.97 Å². The van der Waals surface area contributed by atoms with Gasteiger partial charge in [-0.15, -0.1) is 0 Å². The van der Waals surface area contributed by atoms with E-state index in [0.29, 0.717) is 0 Å². The van der Waals surface area contributed by atoms with Gasteiger partial charge in [-0.2, -0.15) is 0 Å². The molecule has 90 valence electrons. The van der Waals surface area contributed by atoms with Crippen molar-refractivity contribution in [2.24, 2.45) is 7.05 Å². The van der Waals surface area contributed by atoms with Crippen LogP contribution in [0, 0.1) is 0 Å². The van der Waals surface area contributed by atoms with E-state index in [-0.39, 0.29) is 18.9 Å². The van der Waals surface area contributed by atoms with Crippen molar-refractivity contribution in [1.82, 2.24) is 4.57 Å². The summed E-state index contributed by atoms with van der Waals surface area (Å²) in [4.78, 5) is 10.8. The van der Waals surface area contributed by atoms with Crippen LogP contribution in [0.15, 0.2) is 30.5 Å². The fourth-order valence-electron chi connectivity index (χ4n) is 2.18. The van der Waals surface area contributed by atoms with Crippen molar-refractivity contribution in [2.75, 3.05) is 6.61 Å². The van der Waals surface area contributed by atoms with Crippen molar-refractivity contribution in [3.05, 3.63) is 36.0 Å². The first-order chi connectivity index (χ1) is 8.13. The molecule has 2 N–H and O–H groups in total. The van der Waals surface area contributed by atoms with Gasteiger partial charge in [-0.1, -0.05) is 18.2 Å². The first kappa shape index (κ1) is 11.7. The molecule has 0 spiro atoms. The van der Waals surface area contributed by atoms with E-state index in [1.807, 2.05) is 42.1 Å². The monoisotopic (exact) mass is 233 g/mol. The minimum absolute atomic E-state index is 0.0511. The zero-order chi connectivity index (χ0) is 12.4. The maximum atomic E-state index is 10.8. The van der Waals surface area contributed by atoms with Gasteiger partial charge in [-0.3, -0.25) is 4.79 Å². The molecule has 0 fully saturated rings. The zero-order valence-electron chi connectivity index (χ0n) is 9.63. The van der Waals surface area contributed by atoms with Crippen LogP contribution in [0.5, 0.6) is 0 Å². The summed E-state index contributed by atoms with van der Waals surface area (Å²) in [6.07, 6.45) is 1.85. The number of aliphatic hydroxyl groups is 1. The lowest BCUT2D eigenvalue weighted by molar-refractivity contribution is -0.137. The van der Waals surface area contributed by atoms with Crippen LogP contribution in [-0.2, 0) is 11.8 Å². The number of hydrogen-bond acceptors (Lipinski definition) is 2. The fourth-order valence-corrected chi connectivity index (χ4v) is 2.18. The normalized spacial score (nSPS) is 12.8. The number of aliphatic carboxylic acids is 1. The third-order valence-electron chi connectivity index (χ3n) is 3.01. The molecule has 1 aromatic carbocycles. The van der Waals surface area contributed by atoms with Crippen molar-refractivity contribution >= 4 is 16.9 Å². The van der Waals surface area contributed by atoms with E-state index in [1.54, 1.807) is 0 Å². The van der Waals surface area contributed by atoms with Crippen LogP contribution in [0.4, 0.5) is 0 Å². The molecule has 4 nitrogen and oxygen atoms in total. The van der Waals surface area contributed by atoms with E-state index in [4.69, 9.17) is 5.11 Å². The van der Waals surface area contributed by atoms with E-state index >= 15 is 0 Å². The molecule has 0 aliphatic rings. The smallest absolute Gasteiger partial charge is 0.304 e. The number of benzene rings is 1. The summed E-state index contributed by atoms with van der Waals surface area (Å²) < 4.78 is 1.95. The number of carboxylic acids is 1. The molecule has 0 saturated carbocycles. The Morgan fingerprint density at radius 3 is 2.76 bits per heavy atom. The molecule has 4 heteroatoms. The second-order valence-corrected chi connectivity index (χ2v) is 4.19. The quantitative estimate of drug-likeness (QED) is 0.845. The summed E-state index contributed by atoms with van der Waals surface area (Å²) in [5.41, 5.74) is 1.94. The number of rotatable bonds is 4. The summed E-state index contributed by atoms with van der Waals surface area (Å²) in [5.74, 6) is -1.24. The second kappa shape index (κ2) is 4.59. The SMILES string of the molecule is Cn1cc(C(CO)CC(=O)O)c2ccccc21. The average Bonchev–Trinajstić information content (AvgIpc) is 2.64. The number of nitrogens with zero attached hydrogens (tertiary/aromatic N) is 1. The van der Waals surface area contributed by atoms with Crippen LogP contribution >= 0.6 is 0 Å². The summed E-state index contributed by atoms with van der Waals surface area (Å²) in [6.45, 7) is -0.152.